The summed E-state index contributed by atoms with van der Waals surface area (Å²) in [5.41, 5.74) is 0.609. The van der Waals surface area contributed by atoms with Crippen LogP contribution in [0.25, 0.3) is 0 Å². The van der Waals surface area contributed by atoms with Gasteiger partial charge in [-0.25, -0.2) is 0 Å². The largest absolute Gasteiger partial charge is 0.485 e. The molecule has 0 radical (unpaired) electrons. The SMILES string of the molecule is Cc1ccc(Cl)cc1OCC(=O)C(C)(C)C. The van der Waals surface area contributed by atoms with Crippen LogP contribution in [0.1, 0.15) is 26.3 Å². The van der Waals surface area contributed by atoms with E-state index in [2.05, 4.69) is 0 Å². The number of ether oxygens (including phenoxy) is 1. The van der Waals surface area contributed by atoms with Crippen LogP contribution >= 0.6 is 11.6 Å². The Morgan fingerprint density at radius 2 is 2.00 bits per heavy atom. The molecule has 0 unspecified atom stereocenters. The van der Waals surface area contributed by atoms with Crippen molar-refractivity contribution in [2.24, 2.45) is 5.41 Å². The number of halogens is 1. The zero-order valence-electron chi connectivity index (χ0n) is 10.1. The quantitative estimate of drug-likeness (QED) is 0.806. The molecule has 88 valence electrons. The van der Waals surface area contributed by atoms with Crippen LogP contribution in [0.5, 0.6) is 5.75 Å². The Hall–Kier alpha value is -1.02. The van der Waals surface area contributed by atoms with Crippen molar-refractivity contribution in [1.29, 1.82) is 0 Å². The molecule has 0 spiro atoms. The normalized spacial score (nSPS) is 11.3. The maximum Gasteiger partial charge on any atom is 0.175 e. The summed E-state index contributed by atoms with van der Waals surface area (Å²) in [6.07, 6.45) is 0. The first kappa shape index (κ1) is 13.0. The van der Waals surface area contributed by atoms with Crippen LogP contribution in [0.3, 0.4) is 0 Å². The van der Waals surface area contributed by atoms with Crippen molar-refractivity contribution in [3.63, 3.8) is 0 Å². The van der Waals surface area contributed by atoms with Crippen molar-refractivity contribution >= 4 is 17.4 Å². The van der Waals surface area contributed by atoms with Crippen molar-refractivity contribution in [2.75, 3.05) is 6.61 Å². The minimum atomic E-state index is -0.369. The number of hydrogen-bond acceptors (Lipinski definition) is 2. The van der Waals surface area contributed by atoms with E-state index in [4.69, 9.17) is 16.3 Å². The second-order valence-corrected chi connectivity index (χ2v) is 5.31. The molecule has 0 atom stereocenters. The zero-order chi connectivity index (χ0) is 12.3. The van der Waals surface area contributed by atoms with E-state index < -0.39 is 0 Å². The van der Waals surface area contributed by atoms with E-state index in [1.165, 1.54) is 0 Å². The topological polar surface area (TPSA) is 26.3 Å². The third-order valence-electron chi connectivity index (χ3n) is 2.35. The molecule has 2 nitrogen and oxygen atoms in total. The van der Waals surface area contributed by atoms with Crippen molar-refractivity contribution in [1.82, 2.24) is 0 Å². The monoisotopic (exact) mass is 240 g/mol. The molecule has 0 aliphatic rings. The molecule has 1 aromatic rings. The molecule has 0 bridgehead atoms. The van der Waals surface area contributed by atoms with Crippen molar-refractivity contribution in [2.45, 2.75) is 27.7 Å². The Kier molecular flexibility index (Phi) is 3.98. The van der Waals surface area contributed by atoms with Gasteiger partial charge in [-0.3, -0.25) is 4.79 Å². The highest BCUT2D eigenvalue weighted by atomic mass is 35.5. The smallest absolute Gasteiger partial charge is 0.175 e. The average Bonchev–Trinajstić information content (AvgIpc) is 2.17. The van der Waals surface area contributed by atoms with E-state index in [1.54, 1.807) is 12.1 Å². The van der Waals surface area contributed by atoms with Crippen LogP contribution in [0.4, 0.5) is 0 Å². The van der Waals surface area contributed by atoms with Gasteiger partial charge in [0.1, 0.15) is 12.4 Å². The van der Waals surface area contributed by atoms with E-state index in [-0.39, 0.29) is 17.8 Å². The van der Waals surface area contributed by atoms with E-state index in [0.29, 0.717) is 10.8 Å². The number of aryl methyl sites for hydroxylation is 1. The third-order valence-corrected chi connectivity index (χ3v) is 2.58. The average molecular weight is 241 g/mol. The molecule has 0 saturated carbocycles. The minimum absolute atomic E-state index is 0.0758. The maximum atomic E-state index is 11.7. The van der Waals surface area contributed by atoms with Crippen LogP contribution in [-0.2, 0) is 4.79 Å². The molecule has 1 rings (SSSR count). The number of Topliss-reactive ketones (excluding diaryl/α,β-unsaturated/α-hetero) is 1. The van der Waals surface area contributed by atoms with Crippen molar-refractivity contribution < 1.29 is 9.53 Å². The Morgan fingerprint density at radius 3 is 2.56 bits per heavy atom. The van der Waals surface area contributed by atoms with E-state index in [1.807, 2.05) is 33.8 Å². The van der Waals surface area contributed by atoms with Gasteiger partial charge in [0.2, 0.25) is 0 Å². The molecule has 0 fully saturated rings. The summed E-state index contributed by atoms with van der Waals surface area (Å²) >= 11 is 5.86. The second-order valence-electron chi connectivity index (χ2n) is 4.87. The van der Waals surface area contributed by atoms with Gasteiger partial charge in [-0.15, -0.1) is 0 Å². The Labute approximate surface area is 102 Å². The summed E-state index contributed by atoms with van der Waals surface area (Å²) in [5, 5.41) is 0.615. The molecule has 0 aliphatic carbocycles. The van der Waals surface area contributed by atoms with E-state index >= 15 is 0 Å². The lowest BCUT2D eigenvalue weighted by molar-refractivity contribution is -0.128. The molecular weight excluding hydrogens is 224 g/mol. The lowest BCUT2D eigenvalue weighted by Gasteiger charge is -2.17. The van der Waals surface area contributed by atoms with Gasteiger partial charge in [-0.05, 0) is 24.6 Å². The fraction of sp³-hybridized carbons (Fsp3) is 0.462. The number of benzene rings is 1. The fourth-order valence-electron chi connectivity index (χ4n) is 1.09. The molecule has 0 saturated heterocycles. The predicted molar refractivity (Wildman–Crippen MR) is 66.1 cm³/mol. The van der Waals surface area contributed by atoms with E-state index in [9.17, 15) is 4.79 Å². The van der Waals surface area contributed by atoms with E-state index in [0.717, 1.165) is 5.56 Å². The van der Waals surface area contributed by atoms with Crippen LogP contribution in [0, 0.1) is 12.3 Å². The second kappa shape index (κ2) is 4.88. The standard InChI is InChI=1S/C13H17ClO2/c1-9-5-6-10(14)7-11(9)16-8-12(15)13(2,3)4/h5-7H,8H2,1-4H3. The van der Waals surface area contributed by atoms with Crippen LogP contribution < -0.4 is 4.74 Å². The highest BCUT2D eigenvalue weighted by Crippen LogP contribution is 2.23. The van der Waals surface area contributed by atoms with Crippen LogP contribution in [-0.4, -0.2) is 12.4 Å². The number of rotatable bonds is 3. The van der Waals surface area contributed by atoms with Crippen LogP contribution in [0.15, 0.2) is 18.2 Å². The Bertz CT molecular complexity index is 391. The maximum absolute atomic E-state index is 11.7. The predicted octanol–water partition coefficient (Wildman–Crippen LogP) is 3.64. The molecule has 0 aromatic heterocycles. The van der Waals surface area contributed by atoms with Gasteiger partial charge in [-0.2, -0.15) is 0 Å². The zero-order valence-corrected chi connectivity index (χ0v) is 10.9. The van der Waals surface area contributed by atoms with Gasteiger partial charge < -0.3 is 4.74 Å². The Morgan fingerprint density at radius 1 is 1.38 bits per heavy atom. The van der Waals surface area contributed by atoms with Gasteiger partial charge in [-0.1, -0.05) is 38.4 Å². The van der Waals surface area contributed by atoms with Gasteiger partial charge in [0, 0.05) is 10.4 Å². The molecule has 0 aliphatic heterocycles. The minimum Gasteiger partial charge on any atom is -0.485 e. The van der Waals surface area contributed by atoms with Gasteiger partial charge in [0.25, 0.3) is 0 Å². The molecule has 1 aromatic carbocycles. The number of carbonyl (C=O) groups excluding carboxylic acids is 1. The fourth-order valence-corrected chi connectivity index (χ4v) is 1.25. The molecule has 0 heterocycles. The molecule has 3 heteroatoms. The summed E-state index contributed by atoms with van der Waals surface area (Å²) in [7, 11) is 0. The van der Waals surface area contributed by atoms with Gasteiger partial charge in [0.15, 0.2) is 5.78 Å². The first-order valence-electron chi connectivity index (χ1n) is 5.23. The molecule has 0 amide bonds. The Balaban J connectivity index is 2.68. The summed E-state index contributed by atoms with van der Waals surface area (Å²) < 4.78 is 5.47. The van der Waals surface area contributed by atoms with Crippen molar-refractivity contribution in [3.8, 4) is 5.75 Å². The highest BCUT2D eigenvalue weighted by Gasteiger charge is 2.21. The van der Waals surface area contributed by atoms with Crippen molar-refractivity contribution in [3.05, 3.63) is 28.8 Å². The number of carbonyl (C=O) groups is 1. The summed E-state index contributed by atoms with van der Waals surface area (Å²) in [6, 6.07) is 5.40. The number of hydrogen-bond donors (Lipinski definition) is 0. The number of ketones is 1. The molecule has 0 N–H and O–H groups in total. The summed E-state index contributed by atoms with van der Waals surface area (Å²) in [4.78, 5) is 11.7. The highest BCUT2D eigenvalue weighted by molar-refractivity contribution is 6.30. The first-order valence-corrected chi connectivity index (χ1v) is 5.61. The lowest BCUT2D eigenvalue weighted by Crippen LogP contribution is -2.26. The molecule has 16 heavy (non-hydrogen) atoms. The van der Waals surface area contributed by atoms with Gasteiger partial charge in [0.05, 0.1) is 0 Å². The summed E-state index contributed by atoms with van der Waals surface area (Å²) in [6.45, 7) is 7.65. The van der Waals surface area contributed by atoms with Gasteiger partial charge >= 0.3 is 0 Å². The summed E-state index contributed by atoms with van der Waals surface area (Å²) in [5.74, 6) is 0.747. The first-order chi connectivity index (χ1) is 7.30. The molecular formula is C13H17ClO2. The third kappa shape index (κ3) is 3.53. The lowest BCUT2D eigenvalue weighted by atomic mass is 9.91. The van der Waals surface area contributed by atoms with Crippen LogP contribution in [0.2, 0.25) is 5.02 Å².